The molecular formula is C19H17NO5. The minimum atomic E-state index is -1.93. The smallest absolute Gasteiger partial charge is 0.264 e. The predicted octanol–water partition coefficient (Wildman–Crippen LogP) is 1.75. The van der Waals surface area contributed by atoms with Gasteiger partial charge in [-0.15, -0.1) is 0 Å². The number of likely N-dealkylation sites (N-methyl/N-ethyl adjacent to an activating group) is 1. The number of amides is 1. The Morgan fingerprint density at radius 2 is 2.00 bits per heavy atom. The van der Waals surface area contributed by atoms with Crippen LogP contribution in [0, 0.1) is 5.92 Å². The Labute approximate surface area is 144 Å². The lowest BCUT2D eigenvalue weighted by Gasteiger charge is -2.33. The highest BCUT2D eigenvalue weighted by molar-refractivity contribution is 6.12. The van der Waals surface area contributed by atoms with Crippen molar-refractivity contribution in [3.63, 3.8) is 0 Å². The number of hydrogen-bond acceptors (Lipinski definition) is 5. The number of Topliss-reactive ketones (excluding diaryl/α,β-unsaturated/α-hetero) is 1. The molecule has 0 aromatic heterocycles. The van der Waals surface area contributed by atoms with E-state index in [1.165, 1.54) is 12.0 Å². The van der Waals surface area contributed by atoms with Crippen molar-refractivity contribution in [2.75, 3.05) is 25.7 Å². The van der Waals surface area contributed by atoms with E-state index in [2.05, 4.69) is 0 Å². The number of aliphatic hydroxyl groups is 1. The highest BCUT2D eigenvalue weighted by atomic mass is 16.5. The first-order chi connectivity index (χ1) is 12.0. The number of ether oxygens (including phenoxy) is 2. The van der Waals surface area contributed by atoms with Crippen molar-refractivity contribution in [1.29, 1.82) is 0 Å². The highest BCUT2D eigenvalue weighted by Gasteiger charge is 2.57. The highest BCUT2D eigenvalue weighted by Crippen LogP contribution is 2.47. The summed E-state index contributed by atoms with van der Waals surface area (Å²) in [7, 11) is 3.12. The maximum atomic E-state index is 13.0. The largest absolute Gasteiger partial charge is 0.497 e. The number of nitrogens with zero attached hydrogens (tertiary/aromatic N) is 1. The molecular weight excluding hydrogens is 322 g/mol. The summed E-state index contributed by atoms with van der Waals surface area (Å²) >= 11 is 0. The topological polar surface area (TPSA) is 76.1 Å². The quantitative estimate of drug-likeness (QED) is 0.902. The summed E-state index contributed by atoms with van der Waals surface area (Å²) < 4.78 is 10.8. The number of carbonyl (C=O) groups is 2. The van der Waals surface area contributed by atoms with Gasteiger partial charge in [0.1, 0.15) is 18.1 Å². The zero-order valence-corrected chi connectivity index (χ0v) is 13.9. The van der Waals surface area contributed by atoms with Crippen LogP contribution < -0.4 is 14.4 Å². The Hall–Kier alpha value is -2.86. The fourth-order valence-corrected chi connectivity index (χ4v) is 3.60. The molecule has 2 aliphatic heterocycles. The second kappa shape index (κ2) is 5.32. The van der Waals surface area contributed by atoms with Crippen LogP contribution >= 0.6 is 0 Å². The molecule has 1 amide bonds. The number of rotatable bonds is 2. The SMILES string of the molecule is COc1ccc2c(c1)OC[C@H]([C@]1(O)C(=O)N(C)c3ccccc31)C2=O. The van der Waals surface area contributed by atoms with Crippen molar-refractivity contribution >= 4 is 17.4 Å². The molecule has 0 saturated carbocycles. The molecule has 6 heteroatoms. The molecule has 128 valence electrons. The number of benzene rings is 2. The lowest BCUT2D eigenvalue weighted by atomic mass is 9.77. The number of carbonyl (C=O) groups excluding carboxylic acids is 2. The van der Waals surface area contributed by atoms with Crippen molar-refractivity contribution in [3.05, 3.63) is 53.6 Å². The molecule has 0 bridgehead atoms. The fraction of sp³-hybridized carbons (Fsp3) is 0.263. The maximum Gasteiger partial charge on any atom is 0.264 e. The Morgan fingerprint density at radius 1 is 1.24 bits per heavy atom. The van der Waals surface area contributed by atoms with Crippen molar-refractivity contribution in [2.24, 2.45) is 5.92 Å². The van der Waals surface area contributed by atoms with Crippen molar-refractivity contribution < 1.29 is 24.2 Å². The summed E-state index contributed by atoms with van der Waals surface area (Å²) in [6.45, 7) is -0.0799. The number of ketones is 1. The number of fused-ring (bicyclic) bond motifs is 2. The fourth-order valence-electron chi connectivity index (χ4n) is 3.60. The number of hydrogen-bond donors (Lipinski definition) is 1. The predicted molar refractivity (Wildman–Crippen MR) is 90.1 cm³/mol. The van der Waals surface area contributed by atoms with Crippen LogP contribution in [0.15, 0.2) is 42.5 Å². The maximum absolute atomic E-state index is 13.0. The minimum absolute atomic E-state index is 0.0799. The van der Waals surface area contributed by atoms with Gasteiger partial charge in [0.25, 0.3) is 5.91 Å². The van der Waals surface area contributed by atoms with Gasteiger partial charge in [-0.1, -0.05) is 18.2 Å². The Kier molecular flexibility index (Phi) is 3.33. The van der Waals surface area contributed by atoms with E-state index in [9.17, 15) is 14.7 Å². The summed E-state index contributed by atoms with van der Waals surface area (Å²) in [5.74, 6) is -0.869. The third kappa shape index (κ3) is 2.01. The van der Waals surface area contributed by atoms with Crippen LogP contribution in [0.3, 0.4) is 0 Å². The molecule has 4 rings (SSSR count). The number of para-hydroxylation sites is 1. The Balaban J connectivity index is 1.80. The van der Waals surface area contributed by atoms with Gasteiger partial charge in [-0.05, 0) is 18.2 Å². The Bertz CT molecular complexity index is 893. The molecule has 0 saturated heterocycles. The van der Waals surface area contributed by atoms with Crippen molar-refractivity contribution in [1.82, 2.24) is 0 Å². The van der Waals surface area contributed by atoms with E-state index in [4.69, 9.17) is 9.47 Å². The molecule has 2 heterocycles. The minimum Gasteiger partial charge on any atom is -0.497 e. The second-order valence-corrected chi connectivity index (χ2v) is 6.24. The lowest BCUT2D eigenvalue weighted by Crippen LogP contribution is -2.51. The molecule has 0 spiro atoms. The third-order valence-corrected chi connectivity index (χ3v) is 4.99. The zero-order valence-electron chi connectivity index (χ0n) is 13.9. The van der Waals surface area contributed by atoms with Gasteiger partial charge in [0.05, 0.1) is 24.3 Å². The van der Waals surface area contributed by atoms with Crippen LogP contribution in [-0.4, -0.2) is 37.6 Å². The van der Waals surface area contributed by atoms with Gasteiger partial charge >= 0.3 is 0 Å². The first-order valence-corrected chi connectivity index (χ1v) is 7.93. The third-order valence-electron chi connectivity index (χ3n) is 4.99. The average molecular weight is 339 g/mol. The van der Waals surface area contributed by atoms with Crippen LogP contribution in [0.1, 0.15) is 15.9 Å². The molecule has 25 heavy (non-hydrogen) atoms. The molecule has 2 atom stereocenters. The van der Waals surface area contributed by atoms with E-state index in [1.54, 1.807) is 49.5 Å². The normalized spacial score (nSPS) is 24.6. The van der Waals surface area contributed by atoms with Crippen LogP contribution in [0.4, 0.5) is 5.69 Å². The summed E-state index contributed by atoms with van der Waals surface area (Å²) in [6.07, 6.45) is 0. The van der Waals surface area contributed by atoms with Gasteiger partial charge < -0.3 is 19.5 Å². The van der Waals surface area contributed by atoms with E-state index in [0.717, 1.165) is 0 Å². The van der Waals surface area contributed by atoms with Gasteiger partial charge in [0.15, 0.2) is 11.4 Å². The molecule has 0 aliphatic carbocycles. The van der Waals surface area contributed by atoms with Gasteiger partial charge in [-0.2, -0.15) is 0 Å². The van der Waals surface area contributed by atoms with Crippen molar-refractivity contribution in [2.45, 2.75) is 5.60 Å². The average Bonchev–Trinajstić information content (AvgIpc) is 2.84. The van der Waals surface area contributed by atoms with Gasteiger partial charge in [-0.3, -0.25) is 9.59 Å². The molecule has 2 aromatic carbocycles. The molecule has 2 aliphatic rings. The van der Waals surface area contributed by atoms with Gasteiger partial charge in [0, 0.05) is 18.7 Å². The Morgan fingerprint density at radius 3 is 2.76 bits per heavy atom. The van der Waals surface area contributed by atoms with E-state index < -0.39 is 17.4 Å². The molecule has 6 nitrogen and oxygen atoms in total. The first-order valence-electron chi connectivity index (χ1n) is 7.93. The summed E-state index contributed by atoms with van der Waals surface area (Å²) in [4.78, 5) is 27.2. The molecule has 0 fully saturated rings. The summed E-state index contributed by atoms with van der Waals surface area (Å²) in [5, 5.41) is 11.3. The van der Waals surface area contributed by atoms with Crippen LogP contribution in [0.5, 0.6) is 11.5 Å². The van der Waals surface area contributed by atoms with Gasteiger partial charge in [-0.25, -0.2) is 0 Å². The number of anilines is 1. The molecule has 2 aromatic rings. The van der Waals surface area contributed by atoms with Crippen molar-refractivity contribution in [3.8, 4) is 11.5 Å². The number of methoxy groups -OCH3 is 1. The lowest BCUT2D eigenvalue weighted by molar-refractivity contribution is -0.141. The van der Waals surface area contributed by atoms with E-state index in [1.807, 2.05) is 0 Å². The first kappa shape index (κ1) is 15.7. The summed E-state index contributed by atoms with van der Waals surface area (Å²) in [5.41, 5.74) is -0.560. The standard InChI is InChI=1S/C19H17NO5/c1-20-15-6-4-3-5-13(15)19(23,18(20)22)14-10-25-16-9-11(24-2)7-8-12(16)17(14)21/h3-9,14,23H,10H2,1-2H3/t14-,19-/m0/s1. The van der Waals surface area contributed by atoms with Crippen LogP contribution in [0.2, 0.25) is 0 Å². The monoisotopic (exact) mass is 339 g/mol. The van der Waals surface area contributed by atoms with Crippen LogP contribution in [-0.2, 0) is 10.4 Å². The zero-order chi connectivity index (χ0) is 17.8. The van der Waals surface area contributed by atoms with Crippen LogP contribution in [0.25, 0.3) is 0 Å². The second-order valence-electron chi connectivity index (χ2n) is 6.24. The molecule has 0 unspecified atom stereocenters. The van der Waals surface area contributed by atoms with E-state index >= 15 is 0 Å². The summed E-state index contributed by atoms with van der Waals surface area (Å²) in [6, 6.07) is 11.8. The van der Waals surface area contributed by atoms with E-state index in [-0.39, 0.29) is 12.4 Å². The molecule has 1 N–H and O–H groups in total. The van der Waals surface area contributed by atoms with Gasteiger partial charge in [0.2, 0.25) is 0 Å². The van der Waals surface area contributed by atoms with E-state index in [0.29, 0.717) is 28.3 Å². The molecule has 0 radical (unpaired) electrons.